The summed E-state index contributed by atoms with van der Waals surface area (Å²) in [5, 5.41) is 4.42. The van der Waals surface area contributed by atoms with Gasteiger partial charge in [0.2, 0.25) is 0 Å². The summed E-state index contributed by atoms with van der Waals surface area (Å²) in [6, 6.07) is 17.1. The number of rotatable bonds is 3. The molecule has 2 aromatic carbocycles. The van der Waals surface area contributed by atoms with Crippen LogP contribution < -0.4 is 5.32 Å². The number of aryl methyl sites for hydroxylation is 1. The molecule has 0 saturated carbocycles. The first kappa shape index (κ1) is 19.8. The molecular weight excluding hydrogens is 425 g/mol. The minimum atomic E-state index is -0.149. The summed E-state index contributed by atoms with van der Waals surface area (Å²) in [5.74, 6) is -0.149. The third kappa shape index (κ3) is 4.13. The maximum absolute atomic E-state index is 12.4. The Morgan fingerprint density at radius 2 is 1.79 bits per heavy atom. The average Bonchev–Trinajstić information content (AvgIpc) is 3.17. The fraction of sp³-hybridized carbons (Fsp3) is 0.0909. The molecule has 0 bridgehead atoms. The SMILES string of the molecule is Cc1cc(/C=C2\SC(=Nc3ccccc3)NC2=O)c(C)n1-c1ccc(Cl)c(Cl)c1. The van der Waals surface area contributed by atoms with E-state index in [1.807, 2.05) is 68.5 Å². The molecule has 0 unspecified atom stereocenters. The number of carbonyl (C=O) groups excluding carboxylic acids is 1. The number of amidine groups is 1. The molecular formula is C22H17Cl2N3OS. The van der Waals surface area contributed by atoms with Crippen molar-refractivity contribution in [3.05, 3.63) is 86.5 Å². The number of carbonyl (C=O) groups is 1. The highest BCUT2D eigenvalue weighted by molar-refractivity contribution is 8.18. The van der Waals surface area contributed by atoms with Gasteiger partial charge in [-0.1, -0.05) is 41.4 Å². The van der Waals surface area contributed by atoms with Gasteiger partial charge in [0.05, 0.1) is 20.6 Å². The zero-order valence-electron chi connectivity index (χ0n) is 15.7. The van der Waals surface area contributed by atoms with Gasteiger partial charge < -0.3 is 9.88 Å². The van der Waals surface area contributed by atoms with E-state index in [1.54, 1.807) is 6.07 Å². The summed E-state index contributed by atoms with van der Waals surface area (Å²) in [7, 11) is 0. The molecule has 4 rings (SSSR count). The van der Waals surface area contributed by atoms with Crippen molar-refractivity contribution in [1.29, 1.82) is 0 Å². The zero-order valence-corrected chi connectivity index (χ0v) is 18.1. The number of nitrogens with one attached hydrogen (secondary N) is 1. The smallest absolute Gasteiger partial charge is 0.264 e. The Bertz CT molecular complexity index is 1170. The Kier molecular flexibility index (Phi) is 5.54. The molecule has 0 spiro atoms. The average molecular weight is 442 g/mol. The standard InChI is InChI=1S/C22H17Cl2N3OS/c1-13-10-15(14(2)27(13)17-8-9-18(23)19(24)12-17)11-20-21(28)26-22(29-20)25-16-6-4-3-5-7-16/h3-12H,1-2H3,(H,25,26,28)/b20-11-. The molecule has 0 radical (unpaired) electrons. The van der Waals surface area contributed by atoms with Gasteiger partial charge in [0.1, 0.15) is 0 Å². The Morgan fingerprint density at radius 1 is 1.03 bits per heavy atom. The first-order valence-corrected chi connectivity index (χ1v) is 10.5. The monoisotopic (exact) mass is 441 g/mol. The molecule has 1 saturated heterocycles. The normalized spacial score (nSPS) is 16.6. The Hall–Kier alpha value is -2.47. The molecule has 7 heteroatoms. The summed E-state index contributed by atoms with van der Waals surface area (Å²) in [4.78, 5) is 17.5. The van der Waals surface area contributed by atoms with Gasteiger partial charge in [-0.25, -0.2) is 4.99 Å². The number of thioether (sulfide) groups is 1. The Labute approximate surface area is 183 Å². The lowest BCUT2D eigenvalue weighted by molar-refractivity contribution is -0.115. The third-order valence-corrected chi connectivity index (χ3v) is 6.20. The van der Waals surface area contributed by atoms with Crippen LogP contribution in [0, 0.1) is 13.8 Å². The van der Waals surface area contributed by atoms with Gasteiger partial charge in [-0.2, -0.15) is 0 Å². The van der Waals surface area contributed by atoms with E-state index >= 15 is 0 Å². The van der Waals surface area contributed by atoms with Gasteiger partial charge in [-0.05, 0) is 73.6 Å². The van der Waals surface area contributed by atoms with Crippen molar-refractivity contribution in [2.24, 2.45) is 4.99 Å². The van der Waals surface area contributed by atoms with Crippen LogP contribution in [0.25, 0.3) is 11.8 Å². The fourth-order valence-corrected chi connectivity index (χ4v) is 4.32. The van der Waals surface area contributed by atoms with E-state index in [-0.39, 0.29) is 5.91 Å². The number of aliphatic imine (C=N–C) groups is 1. The van der Waals surface area contributed by atoms with Crippen molar-refractivity contribution in [3.63, 3.8) is 0 Å². The lowest BCUT2D eigenvalue weighted by Gasteiger charge is -2.10. The molecule has 146 valence electrons. The second kappa shape index (κ2) is 8.11. The summed E-state index contributed by atoms with van der Waals surface area (Å²) >= 11 is 13.6. The number of benzene rings is 2. The van der Waals surface area contributed by atoms with Crippen LogP contribution in [-0.4, -0.2) is 15.6 Å². The van der Waals surface area contributed by atoms with Crippen molar-refractivity contribution in [3.8, 4) is 5.69 Å². The maximum atomic E-state index is 12.4. The van der Waals surface area contributed by atoms with Crippen LogP contribution in [0.4, 0.5) is 5.69 Å². The second-order valence-corrected chi connectivity index (χ2v) is 8.42. The van der Waals surface area contributed by atoms with E-state index in [0.717, 1.165) is 28.3 Å². The summed E-state index contributed by atoms with van der Waals surface area (Å²) in [6.45, 7) is 4.03. The Balaban J connectivity index is 1.66. The highest BCUT2D eigenvalue weighted by Gasteiger charge is 2.24. The van der Waals surface area contributed by atoms with E-state index in [4.69, 9.17) is 23.2 Å². The number of hydrogen-bond donors (Lipinski definition) is 1. The molecule has 29 heavy (non-hydrogen) atoms. The van der Waals surface area contributed by atoms with E-state index in [1.165, 1.54) is 11.8 Å². The van der Waals surface area contributed by atoms with Gasteiger partial charge in [0.25, 0.3) is 5.91 Å². The summed E-state index contributed by atoms with van der Waals surface area (Å²) < 4.78 is 2.09. The minimum absolute atomic E-state index is 0.149. The summed E-state index contributed by atoms with van der Waals surface area (Å²) in [5.41, 5.74) is 4.74. The van der Waals surface area contributed by atoms with Gasteiger partial charge in [-0.15, -0.1) is 0 Å². The molecule has 1 aliphatic heterocycles. The van der Waals surface area contributed by atoms with E-state index in [0.29, 0.717) is 20.1 Å². The van der Waals surface area contributed by atoms with E-state index < -0.39 is 0 Å². The molecule has 2 heterocycles. The van der Waals surface area contributed by atoms with Crippen molar-refractivity contribution >= 4 is 57.8 Å². The van der Waals surface area contributed by atoms with Crippen molar-refractivity contribution in [1.82, 2.24) is 9.88 Å². The quantitative estimate of drug-likeness (QED) is 0.485. The molecule has 1 aromatic heterocycles. The first-order valence-electron chi connectivity index (χ1n) is 8.91. The van der Waals surface area contributed by atoms with Crippen LogP contribution in [0.2, 0.25) is 10.0 Å². The minimum Gasteiger partial charge on any atom is -0.318 e. The third-order valence-electron chi connectivity index (χ3n) is 4.56. The van der Waals surface area contributed by atoms with E-state index in [9.17, 15) is 4.79 Å². The summed E-state index contributed by atoms with van der Waals surface area (Å²) in [6.07, 6.45) is 1.89. The van der Waals surface area contributed by atoms with Crippen molar-refractivity contribution < 1.29 is 4.79 Å². The number of nitrogens with zero attached hydrogens (tertiary/aromatic N) is 2. The lowest BCUT2D eigenvalue weighted by atomic mass is 10.2. The lowest BCUT2D eigenvalue weighted by Crippen LogP contribution is -2.19. The van der Waals surface area contributed by atoms with Crippen LogP contribution in [0.1, 0.15) is 17.0 Å². The predicted molar refractivity (Wildman–Crippen MR) is 123 cm³/mol. The highest BCUT2D eigenvalue weighted by Crippen LogP contribution is 2.31. The molecule has 0 atom stereocenters. The fourth-order valence-electron chi connectivity index (χ4n) is 3.20. The molecule has 1 amide bonds. The van der Waals surface area contributed by atoms with Gasteiger partial charge in [0, 0.05) is 17.1 Å². The van der Waals surface area contributed by atoms with Crippen molar-refractivity contribution in [2.45, 2.75) is 13.8 Å². The van der Waals surface area contributed by atoms with Gasteiger partial charge in [0.15, 0.2) is 5.17 Å². The van der Waals surface area contributed by atoms with Crippen LogP contribution in [0.5, 0.6) is 0 Å². The topological polar surface area (TPSA) is 46.4 Å². The number of hydrogen-bond acceptors (Lipinski definition) is 3. The van der Waals surface area contributed by atoms with Crippen molar-refractivity contribution in [2.75, 3.05) is 0 Å². The predicted octanol–water partition coefficient (Wildman–Crippen LogP) is 6.29. The molecule has 1 aliphatic rings. The Morgan fingerprint density at radius 3 is 2.52 bits per heavy atom. The number of para-hydroxylation sites is 1. The van der Waals surface area contributed by atoms with E-state index in [2.05, 4.69) is 14.9 Å². The largest absolute Gasteiger partial charge is 0.318 e. The van der Waals surface area contributed by atoms with Crippen LogP contribution >= 0.6 is 35.0 Å². The van der Waals surface area contributed by atoms with Gasteiger partial charge in [-0.3, -0.25) is 4.79 Å². The van der Waals surface area contributed by atoms with Crippen LogP contribution in [0.15, 0.2) is 64.5 Å². The highest BCUT2D eigenvalue weighted by atomic mass is 35.5. The molecule has 0 aliphatic carbocycles. The van der Waals surface area contributed by atoms with Gasteiger partial charge >= 0.3 is 0 Å². The van der Waals surface area contributed by atoms with Crippen LogP contribution in [-0.2, 0) is 4.79 Å². The number of halogens is 2. The number of aromatic nitrogens is 1. The molecule has 3 aromatic rings. The molecule has 1 fully saturated rings. The molecule has 4 nitrogen and oxygen atoms in total. The zero-order chi connectivity index (χ0) is 20.5. The first-order chi connectivity index (χ1) is 13.9. The second-order valence-electron chi connectivity index (χ2n) is 6.58. The number of amides is 1. The molecule has 1 N–H and O–H groups in total. The maximum Gasteiger partial charge on any atom is 0.264 e. The van der Waals surface area contributed by atoms with Crippen LogP contribution in [0.3, 0.4) is 0 Å².